The number of aromatic nitrogens is 2. The van der Waals surface area contributed by atoms with Gasteiger partial charge in [-0.15, -0.1) is 0 Å². The molecular weight excluding hydrogens is 344 g/mol. The summed E-state index contributed by atoms with van der Waals surface area (Å²) in [5.41, 5.74) is 2.53. The molecule has 4 rings (SSSR count). The maximum absolute atomic E-state index is 12.6. The van der Waals surface area contributed by atoms with Gasteiger partial charge in [-0.2, -0.15) is 0 Å². The van der Waals surface area contributed by atoms with Gasteiger partial charge >= 0.3 is 0 Å². The van der Waals surface area contributed by atoms with Gasteiger partial charge in [-0.25, -0.2) is 4.98 Å². The molecule has 0 radical (unpaired) electrons. The van der Waals surface area contributed by atoms with Crippen LogP contribution in [0.25, 0.3) is 16.7 Å². The van der Waals surface area contributed by atoms with Crippen molar-refractivity contribution in [1.29, 1.82) is 0 Å². The molecule has 3 aromatic rings. The lowest BCUT2D eigenvalue weighted by Gasteiger charge is -2.23. The van der Waals surface area contributed by atoms with Gasteiger partial charge in [-0.3, -0.25) is 14.7 Å². The highest BCUT2D eigenvalue weighted by Crippen LogP contribution is 2.30. The molecule has 2 N–H and O–H groups in total. The number of amides is 1. The number of imidazole rings is 1. The number of nitrogens with zero attached hydrogens (tertiary/aromatic N) is 2. The van der Waals surface area contributed by atoms with E-state index >= 15 is 0 Å². The molecule has 1 amide bonds. The molecule has 7 heteroatoms. The Morgan fingerprint density at radius 3 is 2.93 bits per heavy atom. The Morgan fingerprint density at radius 1 is 1.30 bits per heavy atom. The lowest BCUT2D eigenvalue weighted by molar-refractivity contribution is -0.117. The fourth-order valence-electron chi connectivity index (χ4n) is 3.32. The quantitative estimate of drug-likeness (QED) is 0.725. The highest BCUT2D eigenvalue weighted by molar-refractivity contribution is 5.93. The zero-order valence-corrected chi connectivity index (χ0v) is 15.1. The Balaban J connectivity index is 1.69. The van der Waals surface area contributed by atoms with Crippen molar-refractivity contribution in [3.8, 4) is 11.4 Å². The van der Waals surface area contributed by atoms with Crippen LogP contribution in [0, 0.1) is 0 Å². The second-order valence-electron chi connectivity index (χ2n) is 6.41. The summed E-state index contributed by atoms with van der Waals surface area (Å²) in [5, 5.41) is 6.25. The van der Waals surface area contributed by atoms with Crippen molar-refractivity contribution in [3.63, 3.8) is 0 Å². The van der Waals surface area contributed by atoms with Gasteiger partial charge in [-0.1, -0.05) is 24.3 Å². The highest BCUT2D eigenvalue weighted by Gasteiger charge is 2.20. The number of carbonyl (C=O) groups is 1. The summed E-state index contributed by atoms with van der Waals surface area (Å²) < 4.78 is 12.8. The predicted octanol–water partition coefficient (Wildman–Crippen LogP) is 2.35. The number of hydrogen-bond acceptors (Lipinski definition) is 5. The molecule has 1 unspecified atom stereocenters. The van der Waals surface area contributed by atoms with Crippen molar-refractivity contribution in [2.24, 2.45) is 0 Å². The van der Waals surface area contributed by atoms with Crippen molar-refractivity contribution >= 4 is 22.9 Å². The summed E-state index contributed by atoms with van der Waals surface area (Å²) in [6, 6.07) is 15.5. The summed E-state index contributed by atoms with van der Waals surface area (Å²) >= 11 is 0. The Labute approximate surface area is 157 Å². The van der Waals surface area contributed by atoms with E-state index in [-0.39, 0.29) is 11.9 Å². The SMILES string of the molecule is COc1ccccc1-n1c(NC(=O)CC2COCCN2)nc2ccccc21. The first-order chi connectivity index (χ1) is 13.3. The molecule has 1 aliphatic rings. The van der Waals surface area contributed by atoms with Crippen LogP contribution in [-0.4, -0.2) is 48.4 Å². The van der Waals surface area contributed by atoms with Crippen molar-refractivity contribution in [3.05, 3.63) is 48.5 Å². The van der Waals surface area contributed by atoms with E-state index in [9.17, 15) is 4.79 Å². The third-order valence-electron chi connectivity index (χ3n) is 4.57. The standard InChI is InChI=1S/C20H22N4O3/c1-26-18-9-5-4-8-17(18)24-16-7-3-2-6-15(16)22-20(24)23-19(25)12-14-13-27-11-10-21-14/h2-9,14,21H,10-13H2,1H3,(H,22,23,25). The second kappa shape index (κ2) is 7.77. The van der Waals surface area contributed by atoms with E-state index in [1.165, 1.54) is 0 Å². The number of benzene rings is 2. The van der Waals surface area contributed by atoms with Gasteiger partial charge in [-0.05, 0) is 24.3 Å². The Hall–Kier alpha value is -2.90. The van der Waals surface area contributed by atoms with Gasteiger partial charge < -0.3 is 14.8 Å². The molecule has 1 atom stereocenters. The number of fused-ring (bicyclic) bond motifs is 1. The number of morpholine rings is 1. The van der Waals surface area contributed by atoms with Crippen LogP contribution < -0.4 is 15.4 Å². The fraction of sp³-hybridized carbons (Fsp3) is 0.300. The minimum absolute atomic E-state index is 0.0165. The second-order valence-corrected chi connectivity index (χ2v) is 6.41. The van der Waals surface area contributed by atoms with Crippen LogP contribution in [0.1, 0.15) is 6.42 Å². The van der Waals surface area contributed by atoms with E-state index in [1.807, 2.05) is 53.1 Å². The van der Waals surface area contributed by atoms with Crippen LogP contribution in [0.2, 0.25) is 0 Å². The van der Waals surface area contributed by atoms with Gasteiger partial charge in [0.2, 0.25) is 11.9 Å². The lowest BCUT2D eigenvalue weighted by atomic mass is 10.2. The molecule has 1 aromatic heterocycles. The van der Waals surface area contributed by atoms with Crippen LogP contribution in [-0.2, 0) is 9.53 Å². The summed E-state index contributed by atoms with van der Waals surface area (Å²) in [7, 11) is 1.63. The predicted molar refractivity (Wildman–Crippen MR) is 103 cm³/mol. The first-order valence-corrected chi connectivity index (χ1v) is 8.98. The van der Waals surface area contributed by atoms with E-state index in [2.05, 4.69) is 15.6 Å². The molecule has 1 fully saturated rings. The largest absolute Gasteiger partial charge is 0.495 e. The van der Waals surface area contributed by atoms with E-state index in [0.717, 1.165) is 23.3 Å². The summed E-state index contributed by atoms with van der Waals surface area (Å²) in [6.07, 6.45) is 0.329. The number of hydrogen-bond donors (Lipinski definition) is 2. The van der Waals surface area contributed by atoms with Gasteiger partial charge in [0.15, 0.2) is 0 Å². The molecule has 1 aliphatic heterocycles. The highest BCUT2D eigenvalue weighted by atomic mass is 16.5. The maximum Gasteiger partial charge on any atom is 0.228 e. The van der Waals surface area contributed by atoms with Gasteiger partial charge in [0.05, 0.1) is 37.0 Å². The van der Waals surface area contributed by atoms with E-state index in [4.69, 9.17) is 9.47 Å². The maximum atomic E-state index is 12.6. The molecule has 27 heavy (non-hydrogen) atoms. The molecule has 2 heterocycles. The van der Waals surface area contributed by atoms with Crippen molar-refractivity contribution in [2.75, 3.05) is 32.2 Å². The molecule has 0 bridgehead atoms. The lowest BCUT2D eigenvalue weighted by Crippen LogP contribution is -2.43. The molecule has 2 aromatic carbocycles. The third kappa shape index (κ3) is 3.65. The molecule has 0 saturated carbocycles. The summed E-state index contributed by atoms with van der Waals surface area (Å²) in [6.45, 7) is 1.98. The minimum atomic E-state index is -0.107. The molecule has 0 spiro atoms. The number of carbonyl (C=O) groups excluding carboxylic acids is 1. The van der Waals surface area contributed by atoms with Crippen LogP contribution in [0.5, 0.6) is 5.75 Å². The number of anilines is 1. The number of rotatable bonds is 5. The molecule has 140 valence electrons. The normalized spacial score (nSPS) is 17.0. The van der Waals surface area contributed by atoms with Gasteiger partial charge in [0, 0.05) is 19.0 Å². The first kappa shape index (κ1) is 17.5. The Morgan fingerprint density at radius 2 is 2.11 bits per heavy atom. The van der Waals surface area contributed by atoms with Crippen LogP contribution in [0.15, 0.2) is 48.5 Å². The van der Waals surface area contributed by atoms with Crippen LogP contribution in [0.4, 0.5) is 5.95 Å². The monoisotopic (exact) mass is 366 g/mol. The molecule has 1 saturated heterocycles. The summed E-state index contributed by atoms with van der Waals surface area (Å²) in [5.74, 6) is 1.07. The van der Waals surface area contributed by atoms with E-state index in [1.54, 1.807) is 7.11 Å². The summed E-state index contributed by atoms with van der Waals surface area (Å²) in [4.78, 5) is 17.2. The Bertz CT molecular complexity index is 947. The average Bonchev–Trinajstić information content (AvgIpc) is 3.06. The van der Waals surface area contributed by atoms with Crippen molar-refractivity contribution in [2.45, 2.75) is 12.5 Å². The van der Waals surface area contributed by atoms with Gasteiger partial charge in [0.1, 0.15) is 5.75 Å². The van der Waals surface area contributed by atoms with Crippen LogP contribution in [0.3, 0.4) is 0 Å². The first-order valence-electron chi connectivity index (χ1n) is 8.98. The molecule has 0 aliphatic carbocycles. The zero-order valence-electron chi connectivity index (χ0n) is 15.1. The number of ether oxygens (including phenoxy) is 2. The Kier molecular flexibility index (Phi) is 5.04. The number of nitrogens with one attached hydrogen (secondary N) is 2. The zero-order chi connectivity index (χ0) is 18.6. The topological polar surface area (TPSA) is 77.4 Å². The van der Waals surface area contributed by atoms with Gasteiger partial charge in [0.25, 0.3) is 0 Å². The van der Waals surface area contributed by atoms with Crippen molar-refractivity contribution < 1.29 is 14.3 Å². The third-order valence-corrected chi connectivity index (χ3v) is 4.57. The number of methoxy groups -OCH3 is 1. The fourth-order valence-corrected chi connectivity index (χ4v) is 3.32. The smallest absolute Gasteiger partial charge is 0.228 e. The van der Waals surface area contributed by atoms with E-state index in [0.29, 0.717) is 31.3 Å². The molecule has 7 nitrogen and oxygen atoms in total. The number of para-hydroxylation sites is 4. The minimum Gasteiger partial charge on any atom is -0.495 e. The molecular formula is C20H22N4O3. The average molecular weight is 366 g/mol. The van der Waals surface area contributed by atoms with Crippen LogP contribution >= 0.6 is 0 Å². The van der Waals surface area contributed by atoms with Crippen molar-refractivity contribution in [1.82, 2.24) is 14.9 Å². The van der Waals surface area contributed by atoms with E-state index < -0.39 is 0 Å².